The minimum absolute atomic E-state index is 0.771. The van der Waals surface area contributed by atoms with Gasteiger partial charge >= 0.3 is 0 Å². The van der Waals surface area contributed by atoms with Gasteiger partial charge in [0.15, 0.2) is 11.5 Å². The smallest absolute Gasteiger partial charge is 0.161 e. The summed E-state index contributed by atoms with van der Waals surface area (Å²) in [6.45, 7) is 3.16. The fourth-order valence-corrected chi connectivity index (χ4v) is 2.87. The minimum Gasteiger partial charge on any atom is -0.493 e. The van der Waals surface area contributed by atoms with Crippen LogP contribution < -0.4 is 14.8 Å². The van der Waals surface area contributed by atoms with Crippen molar-refractivity contribution in [2.24, 2.45) is 11.8 Å². The van der Waals surface area contributed by atoms with Crippen LogP contribution in [0.25, 0.3) is 0 Å². The molecule has 1 N–H and O–H groups in total. The molecule has 0 unspecified atom stereocenters. The quantitative estimate of drug-likeness (QED) is 0.865. The Hall–Kier alpha value is -1.22. The molecule has 1 saturated carbocycles. The van der Waals surface area contributed by atoms with Gasteiger partial charge < -0.3 is 14.8 Å². The second kappa shape index (κ2) is 6.49. The molecule has 2 aliphatic rings. The van der Waals surface area contributed by atoms with Crippen LogP contribution in [0, 0.1) is 11.8 Å². The SMILES string of the molecule is COc1ccc(CC2CCNCC2)cc1OCC1CC1. The summed E-state index contributed by atoms with van der Waals surface area (Å²) in [6.07, 6.45) is 6.36. The lowest BCUT2D eigenvalue weighted by Gasteiger charge is -2.23. The van der Waals surface area contributed by atoms with Crippen molar-refractivity contribution in [3.8, 4) is 11.5 Å². The number of methoxy groups -OCH3 is 1. The van der Waals surface area contributed by atoms with Crippen molar-refractivity contribution in [2.45, 2.75) is 32.1 Å². The highest BCUT2D eigenvalue weighted by Crippen LogP contribution is 2.34. The van der Waals surface area contributed by atoms with E-state index in [9.17, 15) is 0 Å². The van der Waals surface area contributed by atoms with Crippen LogP contribution in [0.5, 0.6) is 11.5 Å². The summed E-state index contributed by atoms with van der Waals surface area (Å²) in [5.41, 5.74) is 1.38. The molecule has 0 radical (unpaired) electrons. The first-order valence-electron chi connectivity index (χ1n) is 7.85. The molecule has 20 heavy (non-hydrogen) atoms. The minimum atomic E-state index is 0.771. The summed E-state index contributed by atoms with van der Waals surface area (Å²) in [5, 5.41) is 3.43. The van der Waals surface area contributed by atoms with Crippen molar-refractivity contribution in [1.29, 1.82) is 0 Å². The van der Waals surface area contributed by atoms with E-state index in [-0.39, 0.29) is 0 Å². The van der Waals surface area contributed by atoms with Crippen LogP contribution in [-0.4, -0.2) is 26.8 Å². The Bertz CT molecular complexity index is 437. The highest BCUT2D eigenvalue weighted by Gasteiger charge is 2.22. The van der Waals surface area contributed by atoms with Crippen LogP contribution in [0.1, 0.15) is 31.2 Å². The third kappa shape index (κ3) is 3.66. The van der Waals surface area contributed by atoms with Crippen molar-refractivity contribution in [3.05, 3.63) is 23.8 Å². The largest absolute Gasteiger partial charge is 0.493 e. The van der Waals surface area contributed by atoms with E-state index in [0.717, 1.165) is 49.5 Å². The summed E-state index contributed by atoms with van der Waals surface area (Å²) in [5.74, 6) is 3.36. The zero-order chi connectivity index (χ0) is 13.8. The molecule has 0 bridgehead atoms. The van der Waals surface area contributed by atoms with Crippen LogP contribution in [0.15, 0.2) is 18.2 Å². The summed E-state index contributed by atoms with van der Waals surface area (Å²) in [7, 11) is 1.71. The van der Waals surface area contributed by atoms with E-state index < -0.39 is 0 Å². The number of benzene rings is 1. The van der Waals surface area contributed by atoms with E-state index in [4.69, 9.17) is 9.47 Å². The van der Waals surface area contributed by atoms with Crippen LogP contribution in [-0.2, 0) is 6.42 Å². The molecule has 2 fully saturated rings. The van der Waals surface area contributed by atoms with Crippen molar-refractivity contribution in [3.63, 3.8) is 0 Å². The van der Waals surface area contributed by atoms with Gasteiger partial charge in [-0.3, -0.25) is 0 Å². The Balaban J connectivity index is 1.65. The molecule has 0 spiro atoms. The summed E-state index contributed by atoms with van der Waals surface area (Å²) in [6, 6.07) is 6.42. The van der Waals surface area contributed by atoms with Gasteiger partial charge in [-0.15, -0.1) is 0 Å². The molecule has 1 saturated heterocycles. The van der Waals surface area contributed by atoms with Crippen LogP contribution >= 0.6 is 0 Å². The number of rotatable bonds is 6. The Morgan fingerprint density at radius 2 is 1.85 bits per heavy atom. The standard InChI is InChI=1S/C17H25NO2/c1-19-16-5-4-15(10-13-6-8-18-9-7-13)11-17(16)20-12-14-2-3-14/h4-5,11,13-14,18H,2-3,6-10,12H2,1H3. The highest BCUT2D eigenvalue weighted by atomic mass is 16.5. The molecule has 1 heterocycles. The number of hydrogen-bond acceptors (Lipinski definition) is 3. The summed E-state index contributed by atoms with van der Waals surface area (Å²) in [4.78, 5) is 0. The molecule has 3 nitrogen and oxygen atoms in total. The maximum atomic E-state index is 5.94. The van der Waals surface area contributed by atoms with Gasteiger partial charge in [0.1, 0.15) is 0 Å². The lowest BCUT2D eigenvalue weighted by Crippen LogP contribution is -2.28. The van der Waals surface area contributed by atoms with Gasteiger partial charge in [0, 0.05) is 0 Å². The predicted molar refractivity (Wildman–Crippen MR) is 80.5 cm³/mol. The third-order valence-electron chi connectivity index (χ3n) is 4.38. The Labute approximate surface area is 121 Å². The topological polar surface area (TPSA) is 30.5 Å². The monoisotopic (exact) mass is 275 g/mol. The molecule has 3 heteroatoms. The molecule has 1 aliphatic heterocycles. The van der Waals surface area contributed by atoms with Crippen LogP contribution in [0.3, 0.4) is 0 Å². The van der Waals surface area contributed by atoms with E-state index in [2.05, 4.69) is 23.5 Å². The van der Waals surface area contributed by atoms with E-state index in [1.54, 1.807) is 7.11 Å². The maximum Gasteiger partial charge on any atom is 0.161 e. The Morgan fingerprint density at radius 1 is 1.05 bits per heavy atom. The van der Waals surface area contributed by atoms with E-state index in [1.807, 2.05) is 0 Å². The molecule has 110 valence electrons. The Kier molecular flexibility index (Phi) is 4.46. The van der Waals surface area contributed by atoms with Gasteiger partial charge in [0.25, 0.3) is 0 Å². The number of hydrogen-bond donors (Lipinski definition) is 1. The lowest BCUT2D eigenvalue weighted by atomic mass is 9.91. The second-order valence-corrected chi connectivity index (χ2v) is 6.14. The second-order valence-electron chi connectivity index (χ2n) is 6.14. The van der Waals surface area contributed by atoms with E-state index >= 15 is 0 Å². The van der Waals surface area contributed by atoms with Crippen molar-refractivity contribution < 1.29 is 9.47 Å². The molecule has 0 amide bonds. The maximum absolute atomic E-state index is 5.94. The molecule has 1 aliphatic carbocycles. The first kappa shape index (κ1) is 13.7. The lowest BCUT2D eigenvalue weighted by molar-refractivity contribution is 0.279. The normalized spacial score (nSPS) is 19.9. The molecule has 1 aromatic rings. The van der Waals surface area contributed by atoms with Gasteiger partial charge in [-0.2, -0.15) is 0 Å². The predicted octanol–water partition coefficient (Wildman–Crippen LogP) is 3.03. The average Bonchev–Trinajstić information content (AvgIpc) is 3.31. The van der Waals surface area contributed by atoms with Crippen molar-refractivity contribution in [2.75, 3.05) is 26.8 Å². The van der Waals surface area contributed by atoms with Gasteiger partial charge in [0.05, 0.1) is 13.7 Å². The molecular weight excluding hydrogens is 250 g/mol. The van der Waals surface area contributed by atoms with E-state index in [1.165, 1.54) is 31.2 Å². The number of piperidine rings is 1. The van der Waals surface area contributed by atoms with Gasteiger partial charge in [-0.1, -0.05) is 6.07 Å². The zero-order valence-corrected chi connectivity index (χ0v) is 12.4. The summed E-state index contributed by atoms with van der Waals surface area (Å²) < 4.78 is 11.4. The fraction of sp³-hybridized carbons (Fsp3) is 0.647. The summed E-state index contributed by atoms with van der Waals surface area (Å²) >= 11 is 0. The number of ether oxygens (including phenoxy) is 2. The highest BCUT2D eigenvalue weighted by molar-refractivity contribution is 5.43. The molecule has 3 rings (SSSR count). The average molecular weight is 275 g/mol. The molecule has 0 aromatic heterocycles. The molecular formula is C17H25NO2. The first-order valence-corrected chi connectivity index (χ1v) is 7.85. The van der Waals surface area contributed by atoms with Crippen molar-refractivity contribution in [1.82, 2.24) is 5.32 Å². The molecule has 1 aromatic carbocycles. The first-order chi connectivity index (χ1) is 9.85. The van der Waals surface area contributed by atoms with Crippen LogP contribution in [0.4, 0.5) is 0 Å². The van der Waals surface area contributed by atoms with E-state index in [0.29, 0.717) is 0 Å². The zero-order valence-electron chi connectivity index (χ0n) is 12.4. The van der Waals surface area contributed by atoms with Gasteiger partial charge in [-0.25, -0.2) is 0 Å². The third-order valence-corrected chi connectivity index (χ3v) is 4.38. The fourth-order valence-electron chi connectivity index (χ4n) is 2.87. The number of nitrogens with one attached hydrogen (secondary N) is 1. The van der Waals surface area contributed by atoms with Gasteiger partial charge in [0.2, 0.25) is 0 Å². The Morgan fingerprint density at radius 3 is 2.55 bits per heavy atom. The van der Waals surface area contributed by atoms with Gasteiger partial charge in [-0.05, 0) is 74.7 Å². The van der Waals surface area contributed by atoms with Crippen molar-refractivity contribution >= 4 is 0 Å². The molecule has 0 atom stereocenters. The van der Waals surface area contributed by atoms with Crippen LogP contribution in [0.2, 0.25) is 0 Å².